The molecule has 0 fully saturated rings. The number of nitrogens with two attached hydrogens (primary N) is 1. The van der Waals surface area contributed by atoms with Crippen molar-refractivity contribution in [3.05, 3.63) is 62.0 Å². The number of hydrogen-bond donors (Lipinski definition) is 1. The van der Waals surface area contributed by atoms with E-state index in [1.165, 1.54) is 0 Å². The minimum Gasteiger partial charge on any atom is -0.369 e. The van der Waals surface area contributed by atoms with Crippen LogP contribution in [0.5, 0.6) is 0 Å². The fraction of sp³-hybridized carbons (Fsp3) is 0.133. The summed E-state index contributed by atoms with van der Waals surface area (Å²) in [7, 11) is 0. The fourth-order valence-corrected chi connectivity index (χ4v) is 3.40. The van der Waals surface area contributed by atoms with Crippen LogP contribution >= 0.6 is 43.5 Å². The van der Waals surface area contributed by atoms with Crippen LogP contribution in [-0.2, 0) is 0 Å². The van der Waals surface area contributed by atoms with Crippen molar-refractivity contribution in [3.8, 4) is 0 Å². The molecule has 0 saturated heterocycles. The average Bonchev–Trinajstić information content (AvgIpc) is 2.84. The first-order valence-corrected chi connectivity index (χ1v) is 8.33. The van der Waals surface area contributed by atoms with Crippen LogP contribution in [0.4, 0.5) is 5.69 Å². The van der Waals surface area contributed by atoms with Crippen molar-refractivity contribution in [2.75, 3.05) is 11.4 Å². The summed E-state index contributed by atoms with van der Waals surface area (Å²) in [6.45, 7) is 0.626. The van der Waals surface area contributed by atoms with E-state index in [1.807, 2.05) is 47.4 Å². The Bertz CT molecular complexity index is 718. The first-order valence-electron chi connectivity index (χ1n) is 6.36. The Labute approximate surface area is 145 Å². The summed E-state index contributed by atoms with van der Waals surface area (Å²) in [6, 6.07) is 14.0. The first kappa shape index (κ1) is 14.9. The number of nitrogens with zero attached hydrogens (tertiary/aromatic N) is 2. The number of hydrogen-bond acceptors (Lipinski definition) is 3. The number of guanidine groups is 1. The second-order valence-corrected chi connectivity index (χ2v) is 6.83. The van der Waals surface area contributed by atoms with Gasteiger partial charge in [0, 0.05) is 8.95 Å². The predicted octanol–water partition coefficient (Wildman–Crippen LogP) is 4.74. The first-order chi connectivity index (χ1) is 10.1. The van der Waals surface area contributed by atoms with Gasteiger partial charge in [-0.15, -0.1) is 0 Å². The molecule has 21 heavy (non-hydrogen) atoms. The Balaban J connectivity index is 2.03. The van der Waals surface area contributed by atoms with Gasteiger partial charge < -0.3 is 10.6 Å². The third-order valence-electron chi connectivity index (χ3n) is 3.43. The second kappa shape index (κ2) is 5.99. The molecule has 2 aromatic rings. The average molecular weight is 430 g/mol. The Kier molecular flexibility index (Phi) is 4.24. The number of halogens is 3. The highest BCUT2D eigenvalue weighted by Crippen LogP contribution is 2.37. The SMILES string of the molecule is NC1=NCC(c2ccc(Cl)c(Br)c2)N1c1ccccc1Br. The van der Waals surface area contributed by atoms with E-state index in [0.717, 1.165) is 20.2 Å². The van der Waals surface area contributed by atoms with Crippen molar-refractivity contribution < 1.29 is 0 Å². The highest BCUT2D eigenvalue weighted by atomic mass is 79.9. The van der Waals surface area contributed by atoms with E-state index in [4.69, 9.17) is 17.3 Å². The third kappa shape index (κ3) is 2.82. The van der Waals surface area contributed by atoms with Crippen LogP contribution in [-0.4, -0.2) is 12.5 Å². The van der Waals surface area contributed by atoms with Crippen LogP contribution in [0.1, 0.15) is 11.6 Å². The molecule has 2 N–H and O–H groups in total. The standard InChI is InChI=1S/C15H12Br2ClN3/c16-10-3-1-2-4-13(10)21-14(8-20-15(21)19)9-5-6-12(18)11(17)7-9/h1-7,14H,8H2,(H2,19,20). The molecule has 1 aliphatic heterocycles. The van der Waals surface area contributed by atoms with E-state index in [9.17, 15) is 0 Å². The maximum Gasteiger partial charge on any atom is 0.196 e. The molecule has 0 radical (unpaired) electrons. The van der Waals surface area contributed by atoms with Gasteiger partial charge in [0.25, 0.3) is 0 Å². The van der Waals surface area contributed by atoms with E-state index in [2.05, 4.69) is 36.9 Å². The summed E-state index contributed by atoms with van der Waals surface area (Å²) in [6.07, 6.45) is 0. The number of para-hydroxylation sites is 1. The van der Waals surface area contributed by atoms with E-state index in [1.54, 1.807) is 0 Å². The number of anilines is 1. The van der Waals surface area contributed by atoms with Gasteiger partial charge in [-0.25, -0.2) is 0 Å². The maximum absolute atomic E-state index is 6.09. The van der Waals surface area contributed by atoms with Crippen LogP contribution in [0.25, 0.3) is 0 Å². The van der Waals surface area contributed by atoms with Gasteiger partial charge in [-0.2, -0.15) is 0 Å². The molecule has 0 aliphatic carbocycles. The van der Waals surface area contributed by atoms with Crippen molar-refractivity contribution in [2.45, 2.75) is 6.04 Å². The number of rotatable bonds is 2. The van der Waals surface area contributed by atoms with Crippen molar-refractivity contribution >= 4 is 55.1 Å². The zero-order valence-corrected chi connectivity index (χ0v) is 14.9. The van der Waals surface area contributed by atoms with E-state index < -0.39 is 0 Å². The Morgan fingerprint density at radius 1 is 1.14 bits per heavy atom. The Hall–Kier alpha value is -1.04. The van der Waals surface area contributed by atoms with E-state index in [-0.39, 0.29) is 6.04 Å². The summed E-state index contributed by atoms with van der Waals surface area (Å²) < 4.78 is 1.86. The lowest BCUT2D eigenvalue weighted by Crippen LogP contribution is -2.36. The fourth-order valence-electron chi connectivity index (χ4n) is 2.41. The molecule has 0 bridgehead atoms. The molecular weight excluding hydrogens is 417 g/mol. The van der Waals surface area contributed by atoms with Crippen LogP contribution in [0.15, 0.2) is 56.4 Å². The molecule has 0 saturated carbocycles. The van der Waals surface area contributed by atoms with Gasteiger partial charge in [-0.05, 0) is 61.7 Å². The smallest absolute Gasteiger partial charge is 0.196 e. The van der Waals surface area contributed by atoms with Crippen LogP contribution in [0.2, 0.25) is 5.02 Å². The van der Waals surface area contributed by atoms with E-state index >= 15 is 0 Å². The summed E-state index contributed by atoms with van der Waals surface area (Å²) in [5.74, 6) is 0.526. The quantitative estimate of drug-likeness (QED) is 0.749. The molecule has 3 rings (SSSR count). The van der Waals surface area contributed by atoms with Crippen LogP contribution in [0, 0.1) is 0 Å². The molecule has 1 aliphatic rings. The van der Waals surface area contributed by atoms with Gasteiger partial charge in [0.15, 0.2) is 5.96 Å². The lowest BCUT2D eigenvalue weighted by atomic mass is 10.1. The highest BCUT2D eigenvalue weighted by molar-refractivity contribution is 9.11. The van der Waals surface area contributed by atoms with Crippen molar-refractivity contribution in [1.82, 2.24) is 0 Å². The zero-order valence-electron chi connectivity index (χ0n) is 10.9. The van der Waals surface area contributed by atoms with Gasteiger partial charge in [0.05, 0.1) is 23.3 Å². The monoisotopic (exact) mass is 427 g/mol. The molecule has 1 atom stereocenters. The molecule has 6 heteroatoms. The van der Waals surface area contributed by atoms with Gasteiger partial charge in [0.2, 0.25) is 0 Å². The largest absolute Gasteiger partial charge is 0.369 e. The maximum atomic E-state index is 6.09. The normalized spacial score (nSPS) is 18.0. The topological polar surface area (TPSA) is 41.6 Å². The zero-order chi connectivity index (χ0) is 15.0. The predicted molar refractivity (Wildman–Crippen MR) is 95.0 cm³/mol. The molecule has 1 heterocycles. The van der Waals surface area contributed by atoms with Gasteiger partial charge in [0.1, 0.15) is 0 Å². The molecule has 2 aromatic carbocycles. The van der Waals surface area contributed by atoms with Crippen molar-refractivity contribution in [1.29, 1.82) is 0 Å². The minimum absolute atomic E-state index is 0.0669. The highest BCUT2D eigenvalue weighted by Gasteiger charge is 2.30. The summed E-state index contributed by atoms with van der Waals surface area (Å²) in [5.41, 5.74) is 8.22. The lowest BCUT2D eigenvalue weighted by Gasteiger charge is -2.27. The molecular formula is C15H12Br2ClN3. The molecule has 0 aromatic heterocycles. The summed E-state index contributed by atoms with van der Waals surface area (Å²) >= 11 is 13.1. The summed E-state index contributed by atoms with van der Waals surface area (Å²) in [5, 5.41) is 0.693. The Morgan fingerprint density at radius 2 is 1.90 bits per heavy atom. The molecule has 1 unspecified atom stereocenters. The van der Waals surface area contributed by atoms with Crippen LogP contribution < -0.4 is 10.6 Å². The second-order valence-electron chi connectivity index (χ2n) is 4.71. The molecule has 3 nitrogen and oxygen atoms in total. The molecule has 0 spiro atoms. The molecule has 0 amide bonds. The van der Waals surface area contributed by atoms with Crippen LogP contribution in [0.3, 0.4) is 0 Å². The van der Waals surface area contributed by atoms with Gasteiger partial charge in [-0.1, -0.05) is 29.8 Å². The van der Waals surface area contributed by atoms with Gasteiger partial charge in [-0.3, -0.25) is 4.99 Å². The van der Waals surface area contributed by atoms with Crippen molar-refractivity contribution in [2.24, 2.45) is 10.7 Å². The molecule has 108 valence electrons. The summed E-state index contributed by atoms with van der Waals surface area (Å²) in [4.78, 5) is 6.44. The van der Waals surface area contributed by atoms with Gasteiger partial charge >= 0.3 is 0 Å². The Morgan fingerprint density at radius 3 is 2.62 bits per heavy atom. The lowest BCUT2D eigenvalue weighted by molar-refractivity contribution is 0.767. The van der Waals surface area contributed by atoms with Crippen molar-refractivity contribution in [3.63, 3.8) is 0 Å². The van der Waals surface area contributed by atoms with E-state index in [0.29, 0.717) is 17.5 Å². The minimum atomic E-state index is 0.0669. The number of benzene rings is 2. The third-order valence-corrected chi connectivity index (χ3v) is 5.31. The number of aliphatic imine (C=N–C) groups is 1.